The third-order valence-corrected chi connectivity index (χ3v) is 5.15. The molecule has 0 aliphatic carbocycles. The molecular formula is C17H21FN4O3S. The van der Waals surface area contributed by atoms with Crippen molar-refractivity contribution in [3.63, 3.8) is 0 Å². The van der Waals surface area contributed by atoms with E-state index in [0.29, 0.717) is 11.9 Å². The fraction of sp³-hybridized carbons (Fsp3) is 0.471. The number of carbonyl (C=O) groups is 2. The Kier molecular flexibility index (Phi) is 5.77. The summed E-state index contributed by atoms with van der Waals surface area (Å²) in [6.07, 6.45) is 2.65. The summed E-state index contributed by atoms with van der Waals surface area (Å²) in [5.41, 5.74) is 0.498. The highest BCUT2D eigenvalue weighted by atomic mass is 32.2. The monoisotopic (exact) mass is 380 g/mol. The van der Waals surface area contributed by atoms with Crippen molar-refractivity contribution >= 4 is 40.3 Å². The minimum Gasteiger partial charge on any atom is -0.394 e. The van der Waals surface area contributed by atoms with Gasteiger partial charge in [0.25, 0.3) is 0 Å². The van der Waals surface area contributed by atoms with E-state index in [4.69, 9.17) is 0 Å². The molecule has 0 saturated carbocycles. The molecule has 2 atom stereocenters. The van der Waals surface area contributed by atoms with Crippen LogP contribution in [-0.4, -0.2) is 58.3 Å². The lowest BCUT2D eigenvalue weighted by molar-refractivity contribution is -0.127. The van der Waals surface area contributed by atoms with E-state index in [2.05, 4.69) is 15.5 Å². The van der Waals surface area contributed by atoms with Crippen molar-refractivity contribution in [1.29, 1.82) is 0 Å². The van der Waals surface area contributed by atoms with Gasteiger partial charge in [0.15, 0.2) is 5.82 Å². The Morgan fingerprint density at radius 1 is 1.58 bits per heavy atom. The van der Waals surface area contributed by atoms with Crippen molar-refractivity contribution in [2.75, 3.05) is 30.1 Å². The Morgan fingerprint density at radius 3 is 3.12 bits per heavy atom. The number of halogens is 1. The van der Waals surface area contributed by atoms with E-state index < -0.39 is 11.7 Å². The Hall–Kier alpha value is -2.13. The van der Waals surface area contributed by atoms with Crippen LogP contribution >= 0.6 is 11.8 Å². The van der Waals surface area contributed by atoms with Gasteiger partial charge >= 0.3 is 0 Å². The maximum atomic E-state index is 14.1. The molecule has 2 amide bonds. The lowest BCUT2D eigenvalue weighted by Gasteiger charge is -2.19. The molecule has 1 aliphatic heterocycles. The molecule has 0 spiro atoms. The Labute approximate surface area is 154 Å². The Bertz CT molecular complexity index is 812. The van der Waals surface area contributed by atoms with Gasteiger partial charge in [-0.05, 0) is 30.6 Å². The van der Waals surface area contributed by atoms with E-state index in [1.807, 2.05) is 6.26 Å². The number of thioether (sulfide) groups is 1. The fourth-order valence-corrected chi connectivity index (χ4v) is 3.61. The number of amides is 2. The molecule has 3 rings (SSSR count). The molecule has 0 bridgehead atoms. The van der Waals surface area contributed by atoms with Gasteiger partial charge in [0.1, 0.15) is 5.82 Å². The zero-order valence-corrected chi connectivity index (χ0v) is 15.2. The van der Waals surface area contributed by atoms with E-state index >= 15 is 0 Å². The molecule has 2 heterocycles. The number of rotatable bonds is 7. The van der Waals surface area contributed by atoms with Crippen LogP contribution in [0, 0.1) is 11.7 Å². The lowest BCUT2D eigenvalue weighted by atomic mass is 10.1. The molecule has 1 aromatic heterocycles. The molecule has 1 aliphatic rings. The van der Waals surface area contributed by atoms with Gasteiger partial charge in [-0.25, -0.2) is 4.39 Å². The number of anilines is 1. The molecule has 7 nitrogen and oxygen atoms in total. The van der Waals surface area contributed by atoms with E-state index in [9.17, 15) is 19.1 Å². The number of aromatic amines is 1. The maximum Gasteiger partial charge on any atom is 0.229 e. The molecule has 3 N–H and O–H groups in total. The Balaban J connectivity index is 1.73. The smallest absolute Gasteiger partial charge is 0.229 e. The molecular weight excluding hydrogens is 359 g/mol. The normalized spacial score (nSPS) is 18.5. The van der Waals surface area contributed by atoms with Gasteiger partial charge in [-0.3, -0.25) is 19.6 Å². The fourth-order valence-electron chi connectivity index (χ4n) is 3.09. The molecule has 2 aromatic rings. The van der Waals surface area contributed by atoms with Crippen LogP contribution in [0.5, 0.6) is 0 Å². The number of hydrogen-bond donors (Lipinski definition) is 3. The molecule has 1 saturated heterocycles. The van der Waals surface area contributed by atoms with Crippen LogP contribution in [0.2, 0.25) is 0 Å². The van der Waals surface area contributed by atoms with Crippen LogP contribution in [0.3, 0.4) is 0 Å². The first kappa shape index (κ1) is 18.7. The second-order valence-corrected chi connectivity index (χ2v) is 7.27. The molecule has 2 unspecified atom stereocenters. The summed E-state index contributed by atoms with van der Waals surface area (Å²) in [6, 6.07) is 4.22. The second-order valence-electron chi connectivity index (χ2n) is 6.28. The van der Waals surface area contributed by atoms with Gasteiger partial charge in [0, 0.05) is 13.0 Å². The predicted octanol–water partition coefficient (Wildman–Crippen LogP) is 1.29. The zero-order valence-electron chi connectivity index (χ0n) is 14.4. The number of aliphatic hydroxyl groups excluding tert-OH is 1. The second kappa shape index (κ2) is 8.05. The average Bonchev–Trinajstić information content (AvgIpc) is 3.22. The maximum absolute atomic E-state index is 14.1. The van der Waals surface area contributed by atoms with E-state index in [1.54, 1.807) is 23.9 Å². The summed E-state index contributed by atoms with van der Waals surface area (Å²) in [5, 5.41) is 19.2. The standard InChI is InChI=1S/C17H21FN4O3S/c1-26-6-5-11(9-23)19-17(25)10-7-14(24)22(8-10)16-15-12(18)3-2-4-13(15)20-21-16/h2-4,10-11,23H,5-9H2,1H3,(H,19,25)(H,20,21). The summed E-state index contributed by atoms with van der Waals surface area (Å²) in [6.45, 7) is -0.00841. The van der Waals surface area contributed by atoms with Crippen molar-refractivity contribution in [1.82, 2.24) is 15.5 Å². The van der Waals surface area contributed by atoms with Crippen LogP contribution in [0.25, 0.3) is 10.9 Å². The average molecular weight is 380 g/mol. The third-order valence-electron chi connectivity index (χ3n) is 4.51. The summed E-state index contributed by atoms with van der Waals surface area (Å²) in [5.74, 6) is -0.541. The lowest BCUT2D eigenvalue weighted by Crippen LogP contribution is -2.42. The first-order valence-electron chi connectivity index (χ1n) is 8.38. The van der Waals surface area contributed by atoms with E-state index in [-0.39, 0.29) is 48.6 Å². The summed E-state index contributed by atoms with van der Waals surface area (Å²) in [4.78, 5) is 26.2. The number of fused-ring (bicyclic) bond motifs is 1. The van der Waals surface area contributed by atoms with Gasteiger partial charge in [0.05, 0.1) is 29.5 Å². The molecule has 0 radical (unpaired) electrons. The number of benzene rings is 1. The molecule has 1 aromatic carbocycles. The topological polar surface area (TPSA) is 98.3 Å². The molecule has 1 fully saturated rings. The minimum absolute atomic E-state index is 0.0370. The van der Waals surface area contributed by atoms with Crippen LogP contribution in [0.15, 0.2) is 18.2 Å². The highest BCUT2D eigenvalue weighted by Crippen LogP contribution is 2.31. The van der Waals surface area contributed by atoms with Gasteiger partial charge in [-0.2, -0.15) is 16.9 Å². The zero-order chi connectivity index (χ0) is 18.7. The number of hydrogen-bond acceptors (Lipinski definition) is 5. The quantitative estimate of drug-likeness (QED) is 0.672. The number of aromatic nitrogens is 2. The van der Waals surface area contributed by atoms with Gasteiger partial charge in [-0.1, -0.05) is 6.07 Å². The van der Waals surface area contributed by atoms with Crippen LogP contribution in [0.1, 0.15) is 12.8 Å². The van der Waals surface area contributed by atoms with E-state index in [1.165, 1.54) is 11.0 Å². The van der Waals surface area contributed by atoms with Gasteiger partial charge < -0.3 is 10.4 Å². The molecule has 140 valence electrons. The van der Waals surface area contributed by atoms with Crippen LogP contribution in [0.4, 0.5) is 10.2 Å². The highest BCUT2D eigenvalue weighted by Gasteiger charge is 2.37. The molecule has 26 heavy (non-hydrogen) atoms. The predicted molar refractivity (Wildman–Crippen MR) is 98.5 cm³/mol. The number of H-pyrrole nitrogens is 1. The first-order valence-corrected chi connectivity index (χ1v) is 9.77. The minimum atomic E-state index is -0.552. The number of carbonyl (C=O) groups excluding carboxylic acids is 2. The van der Waals surface area contributed by atoms with Gasteiger partial charge in [-0.15, -0.1) is 0 Å². The van der Waals surface area contributed by atoms with Crippen molar-refractivity contribution < 1.29 is 19.1 Å². The SMILES string of the molecule is CSCCC(CO)NC(=O)C1CC(=O)N(c2n[nH]c3cccc(F)c23)C1. The summed E-state index contributed by atoms with van der Waals surface area (Å²) in [7, 11) is 0. The number of nitrogens with one attached hydrogen (secondary N) is 2. The summed E-state index contributed by atoms with van der Waals surface area (Å²) < 4.78 is 14.1. The summed E-state index contributed by atoms with van der Waals surface area (Å²) >= 11 is 1.63. The van der Waals surface area contributed by atoms with Crippen molar-refractivity contribution in [3.8, 4) is 0 Å². The number of nitrogens with zero attached hydrogens (tertiary/aromatic N) is 2. The van der Waals surface area contributed by atoms with Crippen molar-refractivity contribution in [2.24, 2.45) is 5.92 Å². The first-order chi connectivity index (χ1) is 12.5. The third kappa shape index (κ3) is 3.68. The largest absolute Gasteiger partial charge is 0.394 e. The van der Waals surface area contributed by atoms with Crippen molar-refractivity contribution in [2.45, 2.75) is 18.9 Å². The Morgan fingerprint density at radius 2 is 2.38 bits per heavy atom. The van der Waals surface area contributed by atoms with Crippen LogP contribution < -0.4 is 10.2 Å². The number of aliphatic hydroxyl groups is 1. The highest BCUT2D eigenvalue weighted by molar-refractivity contribution is 7.98. The van der Waals surface area contributed by atoms with Gasteiger partial charge in [0.2, 0.25) is 11.8 Å². The van der Waals surface area contributed by atoms with Crippen molar-refractivity contribution in [3.05, 3.63) is 24.0 Å². The van der Waals surface area contributed by atoms with Crippen LogP contribution in [-0.2, 0) is 9.59 Å². The molecule has 9 heteroatoms. The van der Waals surface area contributed by atoms with E-state index in [0.717, 1.165) is 5.75 Å².